The molecular weight excluding hydrogens is 633 g/mol. The minimum atomic E-state index is -0.198. The van der Waals surface area contributed by atoms with Crippen molar-refractivity contribution in [2.45, 2.75) is 35.2 Å². The van der Waals surface area contributed by atoms with Crippen LogP contribution in [0.5, 0.6) is 0 Å². The summed E-state index contributed by atoms with van der Waals surface area (Å²) in [5.41, 5.74) is 11.7. The standard InChI is InChI=1S/C35H31ClFN9S/c1-45-20-25(24-4-2-3-5-27(24)45)26-8-12-40-34(43-26)44-33-31(36)28(9-13-39-33)47-30-19-41-29(18-42-30)46-14-10-35(11-15-46)17-21-16-22(37)6-7-23(21)32(35)38/h2-9,12-13,16,18-20,32H,10-11,14-15,17,38H2,1H3,(H,39,40,43,44)/t32-/m1/s1. The van der Waals surface area contributed by atoms with Gasteiger partial charge in [-0.2, -0.15) is 0 Å². The molecule has 9 nitrogen and oxygen atoms in total. The molecule has 4 aromatic heterocycles. The van der Waals surface area contributed by atoms with Crippen LogP contribution in [0.1, 0.15) is 30.0 Å². The van der Waals surface area contributed by atoms with Gasteiger partial charge in [-0.3, -0.25) is 0 Å². The van der Waals surface area contributed by atoms with E-state index in [-0.39, 0.29) is 17.3 Å². The molecule has 1 aliphatic heterocycles. The van der Waals surface area contributed by atoms with Gasteiger partial charge in [-0.05, 0) is 66.1 Å². The molecule has 1 spiro atoms. The molecule has 2 aromatic carbocycles. The summed E-state index contributed by atoms with van der Waals surface area (Å²) in [5.74, 6) is 1.48. The molecule has 236 valence electrons. The van der Waals surface area contributed by atoms with Gasteiger partial charge >= 0.3 is 0 Å². The van der Waals surface area contributed by atoms with Gasteiger partial charge in [0.2, 0.25) is 5.95 Å². The summed E-state index contributed by atoms with van der Waals surface area (Å²) in [7, 11) is 2.02. The number of piperidine rings is 1. The first-order valence-corrected chi connectivity index (χ1v) is 16.6. The lowest BCUT2D eigenvalue weighted by Crippen LogP contribution is -2.44. The zero-order chi connectivity index (χ0) is 32.1. The van der Waals surface area contributed by atoms with Crippen LogP contribution >= 0.6 is 23.4 Å². The van der Waals surface area contributed by atoms with Crippen molar-refractivity contribution in [3.05, 3.63) is 108 Å². The van der Waals surface area contributed by atoms with E-state index in [1.807, 2.05) is 37.4 Å². The Morgan fingerprint density at radius 1 is 1.00 bits per heavy atom. The third-order valence-corrected chi connectivity index (χ3v) is 10.9. The lowest BCUT2D eigenvalue weighted by molar-refractivity contribution is 0.187. The van der Waals surface area contributed by atoms with E-state index in [1.165, 1.54) is 17.8 Å². The van der Waals surface area contributed by atoms with Crippen LogP contribution in [0.3, 0.4) is 0 Å². The maximum atomic E-state index is 13.9. The number of aromatic nitrogens is 6. The van der Waals surface area contributed by atoms with Crippen molar-refractivity contribution in [2.24, 2.45) is 18.2 Å². The molecule has 6 aromatic rings. The maximum Gasteiger partial charge on any atom is 0.228 e. The van der Waals surface area contributed by atoms with Gasteiger partial charge in [0.05, 0.1) is 23.1 Å². The molecule has 47 heavy (non-hydrogen) atoms. The van der Waals surface area contributed by atoms with Crippen LogP contribution in [-0.2, 0) is 13.5 Å². The highest BCUT2D eigenvalue weighted by Crippen LogP contribution is 2.51. The number of fused-ring (bicyclic) bond motifs is 2. The number of hydrogen-bond donors (Lipinski definition) is 2. The molecule has 1 atom stereocenters. The largest absolute Gasteiger partial charge is 0.355 e. The molecule has 2 aliphatic rings. The number of pyridine rings is 1. The fourth-order valence-electron chi connectivity index (χ4n) is 6.97. The molecule has 0 unspecified atom stereocenters. The van der Waals surface area contributed by atoms with E-state index in [0.29, 0.717) is 21.8 Å². The highest BCUT2D eigenvalue weighted by molar-refractivity contribution is 7.99. The van der Waals surface area contributed by atoms with E-state index >= 15 is 0 Å². The molecule has 0 amide bonds. The van der Waals surface area contributed by atoms with Gasteiger partial charge in [0.1, 0.15) is 16.7 Å². The number of nitrogens with zero attached hydrogens (tertiary/aromatic N) is 7. The van der Waals surface area contributed by atoms with Crippen LogP contribution in [0.25, 0.3) is 22.2 Å². The number of anilines is 3. The Kier molecular flexibility index (Phi) is 7.54. The van der Waals surface area contributed by atoms with E-state index < -0.39 is 0 Å². The second kappa shape index (κ2) is 11.9. The third-order valence-electron chi connectivity index (χ3n) is 9.47. The van der Waals surface area contributed by atoms with E-state index in [9.17, 15) is 4.39 Å². The molecule has 5 heterocycles. The zero-order valence-electron chi connectivity index (χ0n) is 25.6. The molecule has 8 rings (SSSR count). The Balaban J connectivity index is 0.938. The van der Waals surface area contributed by atoms with Crippen LogP contribution in [0.2, 0.25) is 5.02 Å². The van der Waals surface area contributed by atoms with Crippen LogP contribution in [0.4, 0.5) is 22.0 Å². The summed E-state index contributed by atoms with van der Waals surface area (Å²) in [5, 5.41) is 5.47. The second-order valence-corrected chi connectivity index (χ2v) is 13.6. The van der Waals surface area contributed by atoms with Crippen molar-refractivity contribution in [3.8, 4) is 11.3 Å². The fourth-order valence-corrected chi connectivity index (χ4v) is 8.00. The average molecular weight is 664 g/mol. The summed E-state index contributed by atoms with van der Waals surface area (Å²) in [6.45, 7) is 1.64. The van der Waals surface area contributed by atoms with Gasteiger partial charge in [-0.25, -0.2) is 29.3 Å². The van der Waals surface area contributed by atoms with Gasteiger partial charge < -0.3 is 20.5 Å². The Labute approximate surface area is 280 Å². The molecule has 0 radical (unpaired) electrons. The first-order chi connectivity index (χ1) is 22.9. The van der Waals surface area contributed by atoms with Crippen LogP contribution < -0.4 is 16.0 Å². The van der Waals surface area contributed by atoms with E-state index in [2.05, 4.69) is 48.1 Å². The first kappa shape index (κ1) is 29.8. The first-order valence-electron chi connectivity index (χ1n) is 15.4. The minimum Gasteiger partial charge on any atom is -0.355 e. The Morgan fingerprint density at radius 3 is 2.66 bits per heavy atom. The lowest BCUT2D eigenvalue weighted by Gasteiger charge is -2.42. The number of halogens is 2. The summed E-state index contributed by atoms with van der Waals surface area (Å²) >= 11 is 8.23. The monoisotopic (exact) mass is 663 g/mol. The van der Waals surface area contributed by atoms with Gasteiger partial charge in [-0.1, -0.05) is 47.6 Å². The molecule has 1 aliphatic carbocycles. The number of rotatable bonds is 6. The molecule has 3 N–H and O–H groups in total. The Hall–Kier alpha value is -4.58. The molecule has 12 heteroatoms. The van der Waals surface area contributed by atoms with Gasteiger partial charge in [-0.15, -0.1) is 0 Å². The number of aryl methyl sites for hydroxylation is 1. The molecule has 1 fully saturated rings. The molecule has 1 saturated heterocycles. The lowest BCUT2D eigenvalue weighted by atomic mass is 9.73. The number of hydrogen-bond acceptors (Lipinski definition) is 9. The third kappa shape index (κ3) is 5.48. The van der Waals surface area contributed by atoms with Gasteiger partial charge in [0.15, 0.2) is 5.82 Å². The quantitative estimate of drug-likeness (QED) is 0.189. The van der Waals surface area contributed by atoms with E-state index in [4.69, 9.17) is 27.3 Å². The molecular formula is C35H31ClFN9S. The van der Waals surface area contributed by atoms with E-state index in [0.717, 1.165) is 76.4 Å². The minimum absolute atomic E-state index is 0.0397. The Morgan fingerprint density at radius 2 is 1.83 bits per heavy atom. The normalized spacial score (nSPS) is 16.9. The van der Waals surface area contributed by atoms with Crippen LogP contribution in [0.15, 0.2) is 95.5 Å². The van der Waals surface area contributed by atoms with Gasteiger partial charge in [0.25, 0.3) is 0 Å². The SMILES string of the molecule is Cn1cc(-c2ccnc(Nc3nccc(Sc4cnc(N5CCC6(CC5)Cc5cc(F)ccc5[C@H]6N)cn4)c3Cl)n2)c2ccccc21. The number of para-hydroxylation sites is 1. The summed E-state index contributed by atoms with van der Waals surface area (Å²) in [6.07, 6.45) is 11.7. The van der Waals surface area contributed by atoms with Crippen LogP contribution in [-0.4, -0.2) is 42.6 Å². The van der Waals surface area contributed by atoms with Crippen molar-refractivity contribution in [1.82, 2.24) is 29.5 Å². The summed E-state index contributed by atoms with van der Waals surface area (Å²) in [4.78, 5) is 26.1. The summed E-state index contributed by atoms with van der Waals surface area (Å²) < 4.78 is 15.9. The highest BCUT2D eigenvalue weighted by Gasteiger charge is 2.46. The molecule has 0 saturated carbocycles. The van der Waals surface area contributed by atoms with Gasteiger partial charge in [0, 0.05) is 66.1 Å². The topological polar surface area (TPSA) is 111 Å². The van der Waals surface area contributed by atoms with E-state index in [1.54, 1.807) is 30.9 Å². The predicted molar refractivity (Wildman–Crippen MR) is 184 cm³/mol. The zero-order valence-corrected chi connectivity index (χ0v) is 27.1. The Bertz CT molecular complexity index is 2110. The fraction of sp³-hybridized carbons (Fsp3) is 0.229. The summed E-state index contributed by atoms with van der Waals surface area (Å²) in [6, 6.07) is 16.9. The van der Waals surface area contributed by atoms with Crippen molar-refractivity contribution in [3.63, 3.8) is 0 Å². The molecule has 0 bridgehead atoms. The van der Waals surface area contributed by atoms with Crippen molar-refractivity contribution in [1.29, 1.82) is 0 Å². The average Bonchev–Trinajstić information content (AvgIpc) is 3.56. The predicted octanol–water partition coefficient (Wildman–Crippen LogP) is 7.35. The number of nitrogens with one attached hydrogen (secondary N) is 1. The number of nitrogens with two attached hydrogens (primary N) is 1. The van der Waals surface area contributed by atoms with Crippen LogP contribution in [0, 0.1) is 11.2 Å². The number of benzene rings is 2. The maximum absolute atomic E-state index is 13.9. The highest BCUT2D eigenvalue weighted by atomic mass is 35.5. The van der Waals surface area contributed by atoms with Crippen molar-refractivity contribution >= 4 is 51.8 Å². The second-order valence-electron chi connectivity index (χ2n) is 12.2. The smallest absolute Gasteiger partial charge is 0.228 e. The van der Waals surface area contributed by atoms with Crippen molar-refractivity contribution < 1.29 is 4.39 Å². The van der Waals surface area contributed by atoms with Crippen molar-refractivity contribution in [2.75, 3.05) is 23.3 Å².